The standard InChI is InChI=1S/C43H83N2O6P/c1-6-8-10-12-13-14-15-16-17-18-19-20-21-22-23-24-25-26-27-28-29-30-31-33-35-37-43(47)44-41(42(46)36-34-32-11-9-7-2)40-51-52(48,49)50-39-38-45(3,4)5/h15-16,18-19,21-22,41-42,46H,6-14,17,20,23-40H2,1-5H3,(H-,44,47,48,49)/b16-15-,19-18-,22-21-. The quantitative estimate of drug-likeness (QED) is 0.0281. The van der Waals surface area contributed by atoms with Gasteiger partial charge in [-0.1, -0.05) is 159 Å². The molecule has 1 amide bonds. The Bertz CT molecular complexity index is 948. The van der Waals surface area contributed by atoms with Gasteiger partial charge in [0.1, 0.15) is 13.2 Å². The van der Waals surface area contributed by atoms with Crippen molar-refractivity contribution in [1.82, 2.24) is 5.32 Å². The monoisotopic (exact) mass is 755 g/mol. The van der Waals surface area contributed by atoms with Gasteiger partial charge in [0.15, 0.2) is 0 Å². The van der Waals surface area contributed by atoms with Crippen LogP contribution in [-0.2, 0) is 18.4 Å². The van der Waals surface area contributed by atoms with E-state index >= 15 is 0 Å². The van der Waals surface area contributed by atoms with Crippen molar-refractivity contribution in [2.75, 3.05) is 40.9 Å². The summed E-state index contributed by atoms with van der Waals surface area (Å²) in [6.45, 7) is 4.60. The van der Waals surface area contributed by atoms with E-state index in [1.807, 2.05) is 21.1 Å². The first kappa shape index (κ1) is 50.7. The van der Waals surface area contributed by atoms with Crippen LogP contribution in [0.25, 0.3) is 0 Å². The molecule has 3 atom stereocenters. The van der Waals surface area contributed by atoms with Crippen molar-refractivity contribution in [3.8, 4) is 0 Å². The number of aliphatic hydroxyl groups excluding tert-OH is 1. The number of carbonyl (C=O) groups is 1. The zero-order chi connectivity index (χ0) is 38.6. The molecule has 0 spiro atoms. The number of nitrogens with one attached hydrogen (secondary N) is 1. The van der Waals surface area contributed by atoms with E-state index in [0.717, 1.165) is 64.2 Å². The fraction of sp³-hybridized carbons (Fsp3) is 0.837. The molecule has 0 aliphatic carbocycles. The lowest BCUT2D eigenvalue weighted by molar-refractivity contribution is -0.870. The first-order valence-corrected chi connectivity index (χ1v) is 22.8. The lowest BCUT2D eigenvalue weighted by atomic mass is 10.0. The molecule has 0 rings (SSSR count). The summed E-state index contributed by atoms with van der Waals surface area (Å²) in [5.74, 6) is -0.178. The summed E-state index contributed by atoms with van der Waals surface area (Å²) in [7, 11) is 1.29. The number of amides is 1. The highest BCUT2D eigenvalue weighted by Crippen LogP contribution is 2.38. The van der Waals surface area contributed by atoms with Gasteiger partial charge >= 0.3 is 0 Å². The third-order valence-corrected chi connectivity index (χ3v) is 10.3. The summed E-state index contributed by atoms with van der Waals surface area (Å²) in [5, 5.41) is 13.7. The Labute approximate surface area is 321 Å². The van der Waals surface area contributed by atoms with Crippen LogP contribution in [0.2, 0.25) is 0 Å². The minimum atomic E-state index is -4.55. The van der Waals surface area contributed by atoms with E-state index in [0.29, 0.717) is 23.9 Å². The predicted molar refractivity (Wildman–Crippen MR) is 219 cm³/mol. The number of allylic oxidation sites excluding steroid dienone is 6. The third-order valence-electron chi connectivity index (χ3n) is 9.38. The summed E-state index contributed by atoms with van der Waals surface area (Å²) in [6.07, 6.45) is 42.0. The number of aliphatic hydroxyl groups is 1. The Balaban J connectivity index is 4.04. The molecule has 0 bridgehead atoms. The minimum Gasteiger partial charge on any atom is -0.756 e. The number of likely N-dealkylation sites (N-methyl/N-ethyl adjacent to an activating group) is 1. The zero-order valence-electron chi connectivity index (χ0n) is 34.5. The van der Waals surface area contributed by atoms with Crippen LogP contribution in [0.1, 0.15) is 181 Å². The highest BCUT2D eigenvalue weighted by Gasteiger charge is 2.24. The predicted octanol–water partition coefficient (Wildman–Crippen LogP) is 10.9. The Kier molecular flexibility index (Phi) is 34.6. The van der Waals surface area contributed by atoms with Crippen LogP contribution >= 0.6 is 7.82 Å². The molecule has 8 nitrogen and oxygen atoms in total. The third kappa shape index (κ3) is 37.1. The van der Waals surface area contributed by atoms with Crippen molar-refractivity contribution in [3.05, 3.63) is 36.5 Å². The van der Waals surface area contributed by atoms with Crippen LogP contribution < -0.4 is 10.2 Å². The van der Waals surface area contributed by atoms with E-state index in [9.17, 15) is 19.4 Å². The molecule has 0 aromatic rings. The van der Waals surface area contributed by atoms with Crippen molar-refractivity contribution in [2.24, 2.45) is 0 Å². The zero-order valence-corrected chi connectivity index (χ0v) is 35.4. The molecule has 52 heavy (non-hydrogen) atoms. The summed E-state index contributed by atoms with van der Waals surface area (Å²) in [6, 6.07) is -0.798. The van der Waals surface area contributed by atoms with Crippen LogP contribution in [0.15, 0.2) is 36.5 Å². The van der Waals surface area contributed by atoms with Crippen LogP contribution in [0.3, 0.4) is 0 Å². The Morgan fingerprint density at radius 1 is 0.673 bits per heavy atom. The highest BCUT2D eigenvalue weighted by molar-refractivity contribution is 7.45. The molecule has 0 aliphatic heterocycles. The largest absolute Gasteiger partial charge is 0.756 e. The molecular formula is C43H83N2O6P. The second-order valence-corrected chi connectivity index (χ2v) is 17.1. The Hall–Kier alpha value is -1.28. The van der Waals surface area contributed by atoms with Gasteiger partial charge < -0.3 is 28.8 Å². The highest BCUT2D eigenvalue weighted by atomic mass is 31.2. The van der Waals surface area contributed by atoms with Crippen LogP contribution in [-0.4, -0.2) is 68.5 Å². The van der Waals surface area contributed by atoms with Crippen LogP contribution in [0.4, 0.5) is 0 Å². The Morgan fingerprint density at radius 2 is 1.12 bits per heavy atom. The summed E-state index contributed by atoms with van der Waals surface area (Å²) in [4.78, 5) is 25.1. The van der Waals surface area contributed by atoms with E-state index in [1.165, 1.54) is 89.9 Å². The fourth-order valence-electron chi connectivity index (χ4n) is 5.93. The van der Waals surface area contributed by atoms with Crippen molar-refractivity contribution in [3.63, 3.8) is 0 Å². The second-order valence-electron chi connectivity index (χ2n) is 15.7. The van der Waals surface area contributed by atoms with E-state index in [-0.39, 0.29) is 19.1 Å². The van der Waals surface area contributed by atoms with Crippen molar-refractivity contribution in [2.45, 2.75) is 193 Å². The average molecular weight is 755 g/mol. The van der Waals surface area contributed by atoms with Gasteiger partial charge in [-0.25, -0.2) is 0 Å². The lowest BCUT2D eigenvalue weighted by Gasteiger charge is -2.30. The number of nitrogens with zero attached hydrogens (tertiary/aromatic N) is 1. The molecule has 2 N–H and O–H groups in total. The lowest BCUT2D eigenvalue weighted by Crippen LogP contribution is -2.46. The maximum Gasteiger partial charge on any atom is 0.268 e. The van der Waals surface area contributed by atoms with Gasteiger partial charge in [-0.05, 0) is 51.4 Å². The summed E-state index contributed by atoms with van der Waals surface area (Å²) >= 11 is 0. The molecular weight excluding hydrogens is 671 g/mol. The number of phosphoric acid groups is 1. The number of phosphoric ester groups is 1. The number of rotatable bonds is 38. The molecule has 306 valence electrons. The summed E-state index contributed by atoms with van der Waals surface area (Å²) < 4.78 is 23.0. The van der Waals surface area contributed by atoms with Gasteiger partial charge in [-0.3, -0.25) is 9.36 Å². The number of unbranched alkanes of at least 4 members (excludes halogenated alkanes) is 19. The molecule has 0 saturated heterocycles. The molecule has 0 radical (unpaired) electrons. The van der Waals surface area contributed by atoms with Gasteiger partial charge in [-0.2, -0.15) is 0 Å². The smallest absolute Gasteiger partial charge is 0.268 e. The number of hydrogen-bond donors (Lipinski definition) is 2. The van der Waals surface area contributed by atoms with E-state index < -0.39 is 20.0 Å². The number of quaternary nitrogens is 1. The number of hydrogen-bond acceptors (Lipinski definition) is 6. The van der Waals surface area contributed by atoms with E-state index in [1.54, 1.807) is 0 Å². The first-order chi connectivity index (χ1) is 25.0. The fourth-order valence-corrected chi connectivity index (χ4v) is 6.65. The van der Waals surface area contributed by atoms with Crippen molar-refractivity contribution < 1.29 is 32.9 Å². The maximum absolute atomic E-state index is 12.7. The summed E-state index contributed by atoms with van der Waals surface area (Å²) in [5.41, 5.74) is 0. The average Bonchev–Trinajstić information content (AvgIpc) is 3.09. The topological polar surface area (TPSA) is 108 Å². The molecule has 0 heterocycles. The molecule has 0 aromatic heterocycles. The van der Waals surface area contributed by atoms with Gasteiger partial charge in [-0.15, -0.1) is 0 Å². The van der Waals surface area contributed by atoms with Crippen LogP contribution in [0, 0.1) is 0 Å². The second kappa shape index (κ2) is 35.4. The van der Waals surface area contributed by atoms with Gasteiger partial charge in [0.25, 0.3) is 7.82 Å². The molecule has 9 heteroatoms. The SMILES string of the molecule is CCCCCCC/C=C\C/C=C\C/C=C\CCCCCCCCCCCCC(=O)NC(COP(=O)([O-])OCC[N+](C)(C)C)C(O)CCCCCCC. The molecule has 0 fully saturated rings. The molecule has 0 aliphatic rings. The normalized spacial score (nSPS) is 14.8. The Morgan fingerprint density at radius 3 is 1.62 bits per heavy atom. The maximum atomic E-state index is 12.7. The first-order valence-electron chi connectivity index (χ1n) is 21.3. The van der Waals surface area contributed by atoms with Crippen molar-refractivity contribution >= 4 is 13.7 Å². The van der Waals surface area contributed by atoms with Gasteiger partial charge in [0.2, 0.25) is 5.91 Å². The van der Waals surface area contributed by atoms with E-state index in [2.05, 4.69) is 55.6 Å². The van der Waals surface area contributed by atoms with E-state index in [4.69, 9.17) is 9.05 Å². The van der Waals surface area contributed by atoms with Gasteiger partial charge in [0, 0.05) is 6.42 Å². The molecule has 3 unspecified atom stereocenters. The van der Waals surface area contributed by atoms with Crippen molar-refractivity contribution in [1.29, 1.82) is 0 Å². The minimum absolute atomic E-state index is 0.00960. The number of carbonyl (C=O) groups excluding carboxylic acids is 1. The van der Waals surface area contributed by atoms with Gasteiger partial charge in [0.05, 0.1) is 39.9 Å². The molecule has 0 saturated carbocycles. The molecule has 0 aromatic carbocycles. The van der Waals surface area contributed by atoms with Crippen LogP contribution in [0.5, 0.6) is 0 Å².